The summed E-state index contributed by atoms with van der Waals surface area (Å²) in [4.78, 5) is 0. The van der Waals surface area contributed by atoms with Crippen LogP contribution in [0.4, 0.5) is 0 Å². The molecule has 0 aromatic carbocycles. The summed E-state index contributed by atoms with van der Waals surface area (Å²) in [6, 6.07) is 0. The summed E-state index contributed by atoms with van der Waals surface area (Å²) in [6.07, 6.45) is 3.50. The summed E-state index contributed by atoms with van der Waals surface area (Å²) in [7, 11) is 0. The van der Waals surface area contributed by atoms with E-state index in [1.54, 1.807) is 0 Å². The fraction of sp³-hybridized carbons (Fsp3) is 1.00. The van der Waals surface area contributed by atoms with E-state index >= 15 is 0 Å². The Labute approximate surface area is 62.6 Å². The van der Waals surface area contributed by atoms with Gasteiger partial charge in [-0.2, -0.15) is 0 Å². The van der Waals surface area contributed by atoms with Crippen LogP contribution in [0.5, 0.6) is 0 Å². The van der Waals surface area contributed by atoms with Crippen molar-refractivity contribution in [2.45, 2.75) is 26.2 Å². The van der Waals surface area contributed by atoms with E-state index in [1.807, 2.05) is 0 Å². The molecule has 1 heterocycles. The third-order valence-corrected chi connectivity index (χ3v) is 2.45. The summed E-state index contributed by atoms with van der Waals surface area (Å²) in [5.41, 5.74) is 0.231. The van der Waals surface area contributed by atoms with Crippen LogP contribution in [-0.4, -0.2) is 24.8 Å². The Morgan fingerprint density at radius 1 is 1.60 bits per heavy atom. The number of aliphatic hydroxyl groups excluding tert-OH is 1. The van der Waals surface area contributed by atoms with Crippen LogP contribution >= 0.6 is 0 Å². The largest absolute Gasteiger partial charge is 0.396 e. The molecule has 1 saturated heterocycles. The Hall–Kier alpha value is -0.0800. The molecule has 1 atom stereocenters. The van der Waals surface area contributed by atoms with Crippen molar-refractivity contribution < 1.29 is 5.11 Å². The third kappa shape index (κ3) is 1.50. The molecule has 1 aliphatic heterocycles. The summed E-state index contributed by atoms with van der Waals surface area (Å²) in [6.45, 7) is 4.63. The molecular weight excluding hydrogens is 126 g/mol. The molecule has 0 radical (unpaired) electrons. The smallest absolute Gasteiger partial charge is 0.0500 e. The molecule has 2 nitrogen and oxygen atoms in total. The van der Waals surface area contributed by atoms with Crippen LogP contribution in [0.2, 0.25) is 0 Å². The molecule has 10 heavy (non-hydrogen) atoms. The monoisotopic (exact) mass is 143 g/mol. The van der Waals surface area contributed by atoms with Crippen LogP contribution in [0.15, 0.2) is 0 Å². The van der Waals surface area contributed by atoms with E-state index in [0.29, 0.717) is 6.61 Å². The fourth-order valence-corrected chi connectivity index (χ4v) is 1.75. The Kier molecular flexibility index (Phi) is 2.69. The molecule has 0 bridgehead atoms. The fourth-order valence-electron chi connectivity index (χ4n) is 1.75. The predicted molar refractivity (Wildman–Crippen MR) is 41.9 cm³/mol. The SMILES string of the molecule is CCCC1(CO)CCNC1. The molecule has 0 spiro atoms. The average Bonchev–Trinajstić information content (AvgIpc) is 2.39. The quantitative estimate of drug-likeness (QED) is 0.611. The summed E-state index contributed by atoms with van der Waals surface area (Å²) >= 11 is 0. The first kappa shape index (κ1) is 8.02. The zero-order valence-corrected chi connectivity index (χ0v) is 6.69. The number of hydrogen-bond acceptors (Lipinski definition) is 2. The zero-order chi connectivity index (χ0) is 7.45. The van der Waals surface area contributed by atoms with Crippen LogP contribution in [0, 0.1) is 5.41 Å². The maximum Gasteiger partial charge on any atom is 0.0500 e. The van der Waals surface area contributed by atoms with E-state index < -0.39 is 0 Å². The zero-order valence-electron chi connectivity index (χ0n) is 6.69. The van der Waals surface area contributed by atoms with Gasteiger partial charge in [0.1, 0.15) is 0 Å². The van der Waals surface area contributed by atoms with Crippen LogP contribution in [0.25, 0.3) is 0 Å². The van der Waals surface area contributed by atoms with E-state index in [-0.39, 0.29) is 5.41 Å². The van der Waals surface area contributed by atoms with E-state index in [1.165, 1.54) is 6.42 Å². The van der Waals surface area contributed by atoms with Crippen LogP contribution in [0.1, 0.15) is 26.2 Å². The Morgan fingerprint density at radius 2 is 2.40 bits per heavy atom. The molecular formula is C8H17NO. The lowest BCUT2D eigenvalue weighted by atomic mass is 9.84. The lowest BCUT2D eigenvalue weighted by Crippen LogP contribution is -2.27. The normalized spacial score (nSPS) is 33.0. The van der Waals surface area contributed by atoms with Crippen molar-refractivity contribution in [3.63, 3.8) is 0 Å². The highest BCUT2D eigenvalue weighted by Crippen LogP contribution is 2.29. The molecule has 1 aliphatic rings. The highest BCUT2D eigenvalue weighted by atomic mass is 16.3. The predicted octanol–water partition coefficient (Wildman–Crippen LogP) is 0.759. The van der Waals surface area contributed by atoms with Crippen molar-refractivity contribution in [3.05, 3.63) is 0 Å². The maximum absolute atomic E-state index is 9.11. The van der Waals surface area contributed by atoms with Crippen LogP contribution in [0.3, 0.4) is 0 Å². The molecule has 2 N–H and O–H groups in total. The van der Waals surface area contributed by atoms with Crippen molar-refractivity contribution in [1.82, 2.24) is 5.32 Å². The van der Waals surface area contributed by atoms with Gasteiger partial charge >= 0.3 is 0 Å². The highest BCUT2D eigenvalue weighted by molar-refractivity contribution is 4.86. The van der Waals surface area contributed by atoms with E-state index in [4.69, 9.17) is 5.11 Å². The lowest BCUT2D eigenvalue weighted by molar-refractivity contribution is 0.132. The van der Waals surface area contributed by atoms with Gasteiger partial charge < -0.3 is 10.4 Å². The molecule has 0 amide bonds. The van der Waals surface area contributed by atoms with Gasteiger partial charge in [-0.05, 0) is 19.4 Å². The number of hydrogen-bond donors (Lipinski definition) is 2. The van der Waals surface area contributed by atoms with Gasteiger partial charge in [0, 0.05) is 18.6 Å². The molecule has 0 aromatic rings. The van der Waals surface area contributed by atoms with Gasteiger partial charge in [-0.1, -0.05) is 13.3 Å². The minimum Gasteiger partial charge on any atom is -0.396 e. The van der Waals surface area contributed by atoms with Crippen molar-refractivity contribution >= 4 is 0 Å². The standard InChI is InChI=1S/C8H17NO/c1-2-3-8(7-10)4-5-9-6-8/h9-10H,2-7H2,1H3. The van der Waals surface area contributed by atoms with Crippen molar-refractivity contribution in [2.24, 2.45) is 5.41 Å². The molecule has 0 saturated carbocycles. The van der Waals surface area contributed by atoms with Gasteiger partial charge in [0.25, 0.3) is 0 Å². The Bertz CT molecular complexity index is 97.4. The number of aliphatic hydroxyl groups is 1. The number of rotatable bonds is 3. The van der Waals surface area contributed by atoms with Crippen molar-refractivity contribution in [3.8, 4) is 0 Å². The molecule has 0 aromatic heterocycles. The minimum atomic E-state index is 0.231. The first-order chi connectivity index (χ1) is 4.83. The van der Waals surface area contributed by atoms with Crippen LogP contribution in [-0.2, 0) is 0 Å². The maximum atomic E-state index is 9.11. The second-order valence-electron chi connectivity index (χ2n) is 3.33. The van der Waals surface area contributed by atoms with Crippen molar-refractivity contribution in [1.29, 1.82) is 0 Å². The van der Waals surface area contributed by atoms with Gasteiger partial charge in [-0.25, -0.2) is 0 Å². The molecule has 2 heteroatoms. The van der Waals surface area contributed by atoms with Gasteiger partial charge in [-0.15, -0.1) is 0 Å². The first-order valence-electron chi connectivity index (χ1n) is 4.14. The van der Waals surface area contributed by atoms with Gasteiger partial charge in [-0.3, -0.25) is 0 Å². The van der Waals surface area contributed by atoms with E-state index in [2.05, 4.69) is 12.2 Å². The summed E-state index contributed by atoms with van der Waals surface area (Å²) in [5, 5.41) is 12.4. The molecule has 60 valence electrons. The van der Waals surface area contributed by atoms with Crippen LogP contribution < -0.4 is 5.32 Å². The summed E-state index contributed by atoms with van der Waals surface area (Å²) < 4.78 is 0. The van der Waals surface area contributed by atoms with Gasteiger partial charge in [0.15, 0.2) is 0 Å². The van der Waals surface area contributed by atoms with Crippen molar-refractivity contribution in [2.75, 3.05) is 19.7 Å². The van der Waals surface area contributed by atoms with Gasteiger partial charge in [0.05, 0.1) is 0 Å². The van der Waals surface area contributed by atoms with Gasteiger partial charge in [0.2, 0.25) is 0 Å². The topological polar surface area (TPSA) is 32.3 Å². The number of nitrogens with one attached hydrogen (secondary N) is 1. The van der Waals surface area contributed by atoms with E-state index in [9.17, 15) is 0 Å². The Morgan fingerprint density at radius 3 is 2.80 bits per heavy atom. The molecule has 0 aliphatic carbocycles. The first-order valence-corrected chi connectivity index (χ1v) is 4.14. The highest BCUT2D eigenvalue weighted by Gasteiger charge is 2.31. The van der Waals surface area contributed by atoms with E-state index in [0.717, 1.165) is 25.9 Å². The third-order valence-electron chi connectivity index (χ3n) is 2.45. The molecule has 1 rings (SSSR count). The molecule has 1 fully saturated rings. The average molecular weight is 143 g/mol. The lowest BCUT2D eigenvalue weighted by Gasteiger charge is -2.24. The summed E-state index contributed by atoms with van der Waals surface area (Å²) in [5.74, 6) is 0. The second kappa shape index (κ2) is 3.35. The second-order valence-corrected chi connectivity index (χ2v) is 3.33. The Balaban J connectivity index is 2.41. The minimum absolute atomic E-state index is 0.231. The molecule has 1 unspecified atom stereocenters.